The maximum atomic E-state index is 12.0. The van der Waals surface area contributed by atoms with Crippen LogP contribution in [0.5, 0.6) is 0 Å². The molecule has 0 aromatic heterocycles. The van der Waals surface area contributed by atoms with Crippen LogP contribution in [-0.4, -0.2) is 5.97 Å². The first-order valence-corrected chi connectivity index (χ1v) is 7.59. The minimum Gasteiger partial charge on any atom is -0.460 e. The summed E-state index contributed by atoms with van der Waals surface area (Å²) in [5, 5.41) is 0.701. The number of benzene rings is 2. The summed E-state index contributed by atoms with van der Waals surface area (Å²) >= 11 is 5.88. The fourth-order valence-electron chi connectivity index (χ4n) is 2.11. The van der Waals surface area contributed by atoms with Gasteiger partial charge in [0, 0.05) is 5.02 Å². The normalized spacial score (nSPS) is 12.8. The lowest BCUT2D eigenvalue weighted by atomic mass is 10.0. The second-order valence-corrected chi connectivity index (χ2v) is 5.67. The fourth-order valence-corrected chi connectivity index (χ4v) is 2.24. The van der Waals surface area contributed by atoms with E-state index in [1.807, 2.05) is 74.5 Å². The molecule has 0 aliphatic heterocycles. The van der Waals surface area contributed by atoms with Gasteiger partial charge in [-0.15, -0.1) is 0 Å². The quantitative estimate of drug-likeness (QED) is 0.716. The molecule has 1 unspecified atom stereocenters. The van der Waals surface area contributed by atoms with Gasteiger partial charge in [-0.1, -0.05) is 60.1 Å². The largest absolute Gasteiger partial charge is 0.460 e. The van der Waals surface area contributed by atoms with Crippen LogP contribution in [0.2, 0.25) is 5.02 Å². The van der Waals surface area contributed by atoms with Crippen LogP contribution in [0.3, 0.4) is 0 Å². The number of carbonyl (C=O) groups is 1. The summed E-state index contributed by atoms with van der Waals surface area (Å²) in [6, 6.07) is 17.2. The van der Waals surface area contributed by atoms with Gasteiger partial charge in [0.25, 0.3) is 0 Å². The van der Waals surface area contributed by atoms with Gasteiger partial charge in [0.15, 0.2) is 0 Å². The van der Waals surface area contributed by atoms with Gasteiger partial charge in [-0.2, -0.15) is 0 Å². The van der Waals surface area contributed by atoms with Crippen molar-refractivity contribution in [2.24, 2.45) is 5.92 Å². The van der Waals surface area contributed by atoms with E-state index in [1.54, 1.807) is 0 Å². The molecule has 0 heterocycles. The highest BCUT2D eigenvalue weighted by atomic mass is 35.5. The molecule has 0 spiro atoms. The third-order valence-corrected chi connectivity index (χ3v) is 3.65. The van der Waals surface area contributed by atoms with Crippen molar-refractivity contribution in [2.45, 2.75) is 20.5 Å². The molecular formula is C19H19ClO2. The SMILES string of the molecule is C/C(=C\C(C)C(=O)OCc1ccccc1)c1ccc(Cl)cc1. The van der Waals surface area contributed by atoms with Crippen LogP contribution in [0, 0.1) is 5.92 Å². The topological polar surface area (TPSA) is 26.3 Å². The molecule has 22 heavy (non-hydrogen) atoms. The van der Waals surface area contributed by atoms with Gasteiger partial charge in [-0.3, -0.25) is 4.79 Å². The molecule has 2 aromatic carbocycles. The number of halogens is 1. The Morgan fingerprint density at radius 1 is 1.14 bits per heavy atom. The zero-order valence-corrected chi connectivity index (χ0v) is 13.5. The summed E-state index contributed by atoms with van der Waals surface area (Å²) in [6.07, 6.45) is 1.91. The fraction of sp³-hybridized carbons (Fsp3) is 0.211. The van der Waals surface area contributed by atoms with E-state index in [1.165, 1.54) is 0 Å². The number of rotatable bonds is 5. The summed E-state index contributed by atoms with van der Waals surface area (Å²) in [4.78, 5) is 12.0. The maximum Gasteiger partial charge on any atom is 0.312 e. The van der Waals surface area contributed by atoms with Crippen molar-refractivity contribution in [2.75, 3.05) is 0 Å². The molecule has 0 saturated carbocycles. The van der Waals surface area contributed by atoms with E-state index in [0.717, 1.165) is 16.7 Å². The Hall–Kier alpha value is -2.06. The molecule has 0 fully saturated rings. The Balaban J connectivity index is 1.95. The molecule has 0 radical (unpaired) electrons. The molecule has 0 amide bonds. The van der Waals surface area contributed by atoms with Gasteiger partial charge in [-0.05, 0) is 42.7 Å². The van der Waals surface area contributed by atoms with E-state index < -0.39 is 0 Å². The van der Waals surface area contributed by atoms with Gasteiger partial charge in [0.2, 0.25) is 0 Å². The molecule has 0 bridgehead atoms. The van der Waals surface area contributed by atoms with Gasteiger partial charge in [0.05, 0.1) is 5.92 Å². The summed E-state index contributed by atoms with van der Waals surface area (Å²) in [6.45, 7) is 4.12. The molecule has 0 N–H and O–H groups in total. The molecule has 2 nitrogen and oxygen atoms in total. The first-order valence-electron chi connectivity index (χ1n) is 7.21. The Morgan fingerprint density at radius 3 is 2.41 bits per heavy atom. The number of ether oxygens (including phenoxy) is 1. The van der Waals surface area contributed by atoms with E-state index in [2.05, 4.69) is 0 Å². The van der Waals surface area contributed by atoms with E-state index in [9.17, 15) is 4.79 Å². The van der Waals surface area contributed by atoms with Crippen LogP contribution < -0.4 is 0 Å². The minimum absolute atomic E-state index is 0.225. The Bertz CT molecular complexity index is 645. The van der Waals surface area contributed by atoms with Gasteiger partial charge in [-0.25, -0.2) is 0 Å². The molecular weight excluding hydrogens is 296 g/mol. The molecule has 1 atom stereocenters. The summed E-state index contributed by atoms with van der Waals surface area (Å²) in [5.74, 6) is -0.517. The van der Waals surface area contributed by atoms with Crippen LogP contribution in [0.25, 0.3) is 5.57 Å². The molecule has 0 saturated heterocycles. The second kappa shape index (κ2) is 7.81. The smallest absolute Gasteiger partial charge is 0.312 e. The van der Waals surface area contributed by atoms with Crippen molar-refractivity contribution >= 4 is 23.1 Å². The van der Waals surface area contributed by atoms with Gasteiger partial charge < -0.3 is 4.74 Å². The molecule has 2 rings (SSSR count). The third-order valence-electron chi connectivity index (χ3n) is 3.40. The first-order chi connectivity index (χ1) is 10.6. The molecule has 0 aliphatic rings. The van der Waals surface area contributed by atoms with Crippen LogP contribution in [0.15, 0.2) is 60.7 Å². The van der Waals surface area contributed by atoms with Crippen molar-refractivity contribution < 1.29 is 9.53 Å². The van der Waals surface area contributed by atoms with Gasteiger partial charge >= 0.3 is 5.97 Å². The number of hydrogen-bond donors (Lipinski definition) is 0. The van der Waals surface area contributed by atoms with Crippen molar-refractivity contribution in [1.29, 1.82) is 0 Å². The zero-order chi connectivity index (χ0) is 15.9. The Morgan fingerprint density at radius 2 is 1.77 bits per heavy atom. The number of esters is 1. The lowest BCUT2D eigenvalue weighted by molar-refractivity contribution is -0.147. The summed E-state index contributed by atoms with van der Waals surface area (Å²) in [7, 11) is 0. The lowest BCUT2D eigenvalue weighted by Crippen LogP contribution is -2.13. The van der Waals surface area contributed by atoms with E-state index in [0.29, 0.717) is 11.6 Å². The first kappa shape index (κ1) is 16.3. The van der Waals surface area contributed by atoms with Crippen LogP contribution in [0.1, 0.15) is 25.0 Å². The standard InChI is InChI=1S/C19H19ClO2/c1-14(17-8-10-18(20)11-9-17)12-15(2)19(21)22-13-16-6-4-3-5-7-16/h3-12,15H,13H2,1-2H3/b14-12+. The highest BCUT2D eigenvalue weighted by Gasteiger charge is 2.12. The highest BCUT2D eigenvalue weighted by molar-refractivity contribution is 6.30. The summed E-state index contributed by atoms with van der Waals surface area (Å²) < 4.78 is 5.34. The third kappa shape index (κ3) is 4.74. The predicted octanol–water partition coefficient (Wildman–Crippen LogP) is 5.12. The van der Waals surface area contributed by atoms with Crippen molar-refractivity contribution in [3.05, 3.63) is 76.8 Å². The summed E-state index contributed by atoms with van der Waals surface area (Å²) in [5.41, 5.74) is 3.06. The average molecular weight is 315 g/mol. The minimum atomic E-state index is -0.292. The van der Waals surface area contributed by atoms with E-state index in [-0.39, 0.29) is 11.9 Å². The van der Waals surface area contributed by atoms with E-state index >= 15 is 0 Å². The second-order valence-electron chi connectivity index (χ2n) is 5.24. The van der Waals surface area contributed by atoms with Crippen molar-refractivity contribution in [3.63, 3.8) is 0 Å². The molecule has 2 aromatic rings. The van der Waals surface area contributed by atoms with Crippen LogP contribution in [0.4, 0.5) is 0 Å². The Labute approximate surface area is 136 Å². The number of carbonyl (C=O) groups excluding carboxylic acids is 1. The number of hydrogen-bond acceptors (Lipinski definition) is 2. The van der Waals surface area contributed by atoms with Crippen molar-refractivity contribution in [3.8, 4) is 0 Å². The van der Waals surface area contributed by atoms with Crippen molar-refractivity contribution in [1.82, 2.24) is 0 Å². The lowest BCUT2D eigenvalue weighted by Gasteiger charge is -2.10. The maximum absolute atomic E-state index is 12.0. The molecule has 0 aliphatic carbocycles. The van der Waals surface area contributed by atoms with Gasteiger partial charge in [0.1, 0.15) is 6.61 Å². The number of allylic oxidation sites excluding steroid dienone is 1. The van der Waals surface area contributed by atoms with Crippen LogP contribution in [-0.2, 0) is 16.1 Å². The van der Waals surface area contributed by atoms with Crippen LogP contribution >= 0.6 is 11.6 Å². The van der Waals surface area contributed by atoms with E-state index in [4.69, 9.17) is 16.3 Å². The average Bonchev–Trinajstić information content (AvgIpc) is 2.54. The molecule has 3 heteroatoms. The predicted molar refractivity (Wildman–Crippen MR) is 90.5 cm³/mol. The zero-order valence-electron chi connectivity index (χ0n) is 12.8. The monoisotopic (exact) mass is 314 g/mol. The Kier molecular flexibility index (Phi) is 5.79. The highest BCUT2D eigenvalue weighted by Crippen LogP contribution is 2.19. The molecule has 114 valence electrons.